The average Bonchev–Trinajstić information content (AvgIpc) is 2.24. The van der Waals surface area contributed by atoms with Crippen LogP contribution in [0.25, 0.3) is 0 Å². The SMILES string of the molecule is CN(CCC(F)(F)F)C(=O)c1ncccc1Br. The molecule has 7 heteroatoms. The number of amides is 1. The zero-order chi connectivity index (χ0) is 13.1. The molecule has 0 saturated carbocycles. The molecule has 1 aromatic rings. The van der Waals surface area contributed by atoms with Gasteiger partial charge in [0.2, 0.25) is 0 Å². The largest absolute Gasteiger partial charge is 0.390 e. The zero-order valence-electron chi connectivity index (χ0n) is 8.96. The van der Waals surface area contributed by atoms with Crippen LogP contribution in [0.4, 0.5) is 13.2 Å². The van der Waals surface area contributed by atoms with Crippen LogP contribution in [-0.4, -0.2) is 35.6 Å². The maximum atomic E-state index is 12.0. The molecule has 0 aliphatic rings. The fourth-order valence-corrected chi connectivity index (χ4v) is 1.54. The first-order valence-electron chi connectivity index (χ1n) is 4.74. The van der Waals surface area contributed by atoms with Crippen LogP contribution in [0.2, 0.25) is 0 Å². The second-order valence-corrected chi connectivity index (χ2v) is 4.28. The van der Waals surface area contributed by atoms with E-state index in [1.807, 2.05) is 0 Å². The summed E-state index contributed by atoms with van der Waals surface area (Å²) in [5.74, 6) is -0.540. The number of rotatable bonds is 3. The summed E-state index contributed by atoms with van der Waals surface area (Å²) >= 11 is 3.12. The molecule has 0 bridgehead atoms. The van der Waals surface area contributed by atoms with Gasteiger partial charge in [-0.05, 0) is 28.1 Å². The maximum Gasteiger partial charge on any atom is 0.390 e. The molecule has 94 valence electrons. The molecular weight excluding hydrogens is 301 g/mol. The molecule has 0 spiro atoms. The monoisotopic (exact) mass is 310 g/mol. The minimum absolute atomic E-state index is 0.108. The van der Waals surface area contributed by atoms with E-state index in [1.54, 1.807) is 12.1 Å². The number of carbonyl (C=O) groups is 1. The molecule has 0 N–H and O–H groups in total. The van der Waals surface area contributed by atoms with Gasteiger partial charge in [-0.1, -0.05) is 0 Å². The van der Waals surface area contributed by atoms with Crippen molar-refractivity contribution in [2.75, 3.05) is 13.6 Å². The van der Waals surface area contributed by atoms with Crippen molar-refractivity contribution in [1.82, 2.24) is 9.88 Å². The van der Waals surface area contributed by atoms with Gasteiger partial charge in [0, 0.05) is 24.3 Å². The lowest BCUT2D eigenvalue weighted by Crippen LogP contribution is -2.31. The topological polar surface area (TPSA) is 33.2 Å². The number of alkyl halides is 3. The lowest BCUT2D eigenvalue weighted by atomic mass is 10.3. The lowest BCUT2D eigenvalue weighted by molar-refractivity contribution is -0.136. The second-order valence-electron chi connectivity index (χ2n) is 3.43. The lowest BCUT2D eigenvalue weighted by Gasteiger charge is -2.18. The van der Waals surface area contributed by atoms with Gasteiger partial charge in [-0.3, -0.25) is 4.79 Å². The Balaban J connectivity index is 2.68. The number of nitrogens with zero attached hydrogens (tertiary/aromatic N) is 2. The number of halogens is 4. The highest BCUT2D eigenvalue weighted by molar-refractivity contribution is 9.10. The molecule has 0 unspecified atom stereocenters. The van der Waals surface area contributed by atoms with Gasteiger partial charge in [0.25, 0.3) is 5.91 Å². The van der Waals surface area contributed by atoms with E-state index in [-0.39, 0.29) is 12.2 Å². The van der Waals surface area contributed by atoms with Crippen LogP contribution in [0.1, 0.15) is 16.9 Å². The summed E-state index contributed by atoms with van der Waals surface area (Å²) in [4.78, 5) is 16.6. The van der Waals surface area contributed by atoms with E-state index < -0.39 is 18.5 Å². The van der Waals surface area contributed by atoms with Gasteiger partial charge in [0.05, 0.1) is 6.42 Å². The van der Waals surface area contributed by atoms with Gasteiger partial charge in [-0.15, -0.1) is 0 Å². The number of pyridine rings is 1. The van der Waals surface area contributed by atoms with Crippen molar-refractivity contribution in [1.29, 1.82) is 0 Å². The maximum absolute atomic E-state index is 12.0. The first kappa shape index (κ1) is 14.0. The molecule has 0 fully saturated rings. The van der Waals surface area contributed by atoms with Crippen molar-refractivity contribution in [3.63, 3.8) is 0 Å². The van der Waals surface area contributed by atoms with Crippen LogP contribution >= 0.6 is 15.9 Å². The van der Waals surface area contributed by atoms with E-state index in [2.05, 4.69) is 20.9 Å². The molecule has 0 aliphatic carbocycles. The highest BCUT2D eigenvalue weighted by atomic mass is 79.9. The van der Waals surface area contributed by atoms with Crippen LogP contribution in [0.5, 0.6) is 0 Å². The van der Waals surface area contributed by atoms with E-state index in [4.69, 9.17) is 0 Å². The Kier molecular flexibility index (Phi) is 4.50. The second kappa shape index (κ2) is 5.48. The minimum Gasteiger partial charge on any atom is -0.340 e. The van der Waals surface area contributed by atoms with Crippen LogP contribution in [0.3, 0.4) is 0 Å². The minimum atomic E-state index is -4.27. The Morgan fingerprint density at radius 3 is 2.71 bits per heavy atom. The van der Waals surface area contributed by atoms with Gasteiger partial charge in [-0.2, -0.15) is 13.2 Å². The first-order chi connectivity index (χ1) is 7.81. The highest BCUT2D eigenvalue weighted by Gasteiger charge is 2.28. The highest BCUT2D eigenvalue weighted by Crippen LogP contribution is 2.20. The summed E-state index contributed by atoms with van der Waals surface area (Å²) < 4.78 is 36.5. The molecule has 1 heterocycles. The summed E-state index contributed by atoms with van der Waals surface area (Å²) in [6, 6.07) is 3.23. The van der Waals surface area contributed by atoms with Gasteiger partial charge < -0.3 is 4.90 Å². The molecule has 1 aromatic heterocycles. The average molecular weight is 311 g/mol. The predicted octanol–water partition coefficient (Wildman–Crippen LogP) is 2.87. The molecule has 0 saturated heterocycles. The normalized spacial score (nSPS) is 11.4. The zero-order valence-corrected chi connectivity index (χ0v) is 10.5. The summed E-state index contributed by atoms with van der Waals surface area (Å²) in [5, 5.41) is 0. The van der Waals surface area contributed by atoms with Crippen LogP contribution in [-0.2, 0) is 0 Å². The van der Waals surface area contributed by atoms with Crippen molar-refractivity contribution in [2.24, 2.45) is 0 Å². The van der Waals surface area contributed by atoms with Crippen molar-refractivity contribution in [3.8, 4) is 0 Å². The van der Waals surface area contributed by atoms with Crippen LogP contribution in [0, 0.1) is 0 Å². The van der Waals surface area contributed by atoms with E-state index in [0.29, 0.717) is 4.47 Å². The van der Waals surface area contributed by atoms with Gasteiger partial charge in [0.15, 0.2) is 0 Å². The molecule has 0 aromatic carbocycles. The van der Waals surface area contributed by atoms with E-state index in [1.165, 1.54) is 13.2 Å². The van der Waals surface area contributed by atoms with Gasteiger partial charge in [-0.25, -0.2) is 4.98 Å². The van der Waals surface area contributed by atoms with E-state index >= 15 is 0 Å². The van der Waals surface area contributed by atoms with Gasteiger partial charge in [0.1, 0.15) is 5.69 Å². The van der Waals surface area contributed by atoms with Crippen molar-refractivity contribution in [3.05, 3.63) is 28.5 Å². The Morgan fingerprint density at radius 2 is 2.18 bits per heavy atom. The third-order valence-corrected chi connectivity index (χ3v) is 2.68. The standard InChI is InChI=1S/C10H10BrF3N2O/c1-16(6-4-10(12,13)14)9(17)8-7(11)3-2-5-15-8/h2-3,5H,4,6H2,1H3. The summed E-state index contributed by atoms with van der Waals surface area (Å²) in [7, 11) is 1.31. The Labute approximate surface area is 105 Å². The number of carbonyl (C=O) groups excluding carboxylic acids is 1. The molecule has 0 radical (unpaired) electrons. The van der Waals surface area contributed by atoms with E-state index in [9.17, 15) is 18.0 Å². The molecule has 1 amide bonds. The molecule has 3 nitrogen and oxygen atoms in total. The summed E-state index contributed by atoms with van der Waals surface area (Å²) in [6.45, 7) is -0.384. The molecule has 1 rings (SSSR count). The van der Waals surface area contributed by atoms with Crippen LogP contribution in [0.15, 0.2) is 22.8 Å². The van der Waals surface area contributed by atoms with Crippen molar-refractivity contribution < 1.29 is 18.0 Å². The molecule has 0 atom stereocenters. The van der Waals surface area contributed by atoms with Crippen molar-refractivity contribution >= 4 is 21.8 Å². The molecule has 17 heavy (non-hydrogen) atoms. The third-order valence-electron chi connectivity index (χ3n) is 2.04. The number of hydrogen-bond donors (Lipinski definition) is 0. The summed E-state index contributed by atoms with van der Waals surface area (Å²) in [6.07, 6.45) is -3.88. The number of aromatic nitrogens is 1. The Bertz CT molecular complexity index is 409. The first-order valence-corrected chi connectivity index (χ1v) is 5.53. The predicted molar refractivity (Wildman–Crippen MR) is 59.6 cm³/mol. The smallest absolute Gasteiger partial charge is 0.340 e. The van der Waals surface area contributed by atoms with Crippen molar-refractivity contribution in [2.45, 2.75) is 12.6 Å². The Hall–Kier alpha value is -1.11. The van der Waals surface area contributed by atoms with Gasteiger partial charge >= 0.3 is 6.18 Å². The van der Waals surface area contributed by atoms with Crippen LogP contribution < -0.4 is 0 Å². The third kappa shape index (κ3) is 4.33. The quantitative estimate of drug-likeness (QED) is 0.860. The Morgan fingerprint density at radius 1 is 1.53 bits per heavy atom. The summed E-state index contributed by atoms with van der Waals surface area (Å²) in [5.41, 5.74) is 0.108. The van der Waals surface area contributed by atoms with E-state index in [0.717, 1.165) is 4.90 Å². The number of hydrogen-bond acceptors (Lipinski definition) is 2. The fraction of sp³-hybridized carbons (Fsp3) is 0.400. The molecular formula is C10H10BrF3N2O. The molecule has 0 aliphatic heterocycles. The fourth-order valence-electron chi connectivity index (χ4n) is 1.12.